The number of unbranched alkanes of at least 4 members (excludes halogenated alkanes) is 1. The van der Waals surface area contributed by atoms with Crippen LogP contribution in [0.15, 0.2) is 21.5 Å². The minimum atomic E-state index is -4.26. The molecule has 1 aromatic rings. The first-order valence-electron chi connectivity index (χ1n) is 5.38. The number of halogens is 3. The van der Waals surface area contributed by atoms with Gasteiger partial charge in [-0.2, -0.15) is 0 Å². The summed E-state index contributed by atoms with van der Waals surface area (Å²) in [6, 6.07) is 1.72. The van der Waals surface area contributed by atoms with E-state index in [1.807, 2.05) is 6.92 Å². The van der Waals surface area contributed by atoms with Crippen LogP contribution in [0.1, 0.15) is 30.1 Å². The van der Waals surface area contributed by atoms with Gasteiger partial charge >= 0.3 is 5.97 Å². The van der Waals surface area contributed by atoms with Crippen LogP contribution >= 0.6 is 26.6 Å². The van der Waals surface area contributed by atoms with Crippen LogP contribution in [0.25, 0.3) is 0 Å². The molecule has 0 N–H and O–H groups in total. The smallest absolute Gasteiger partial charge is 0.339 e. The lowest BCUT2D eigenvalue weighted by molar-refractivity contribution is 0.0498. The molecule has 1 rings (SSSR count). The third kappa shape index (κ3) is 4.43. The van der Waals surface area contributed by atoms with Crippen molar-refractivity contribution in [1.82, 2.24) is 0 Å². The van der Waals surface area contributed by atoms with Gasteiger partial charge in [0.1, 0.15) is 10.7 Å². The second-order valence-electron chi connectivity index (χ2n) is 3.69. The van der Waals surface area contributed by atoms with Gasteiger partial charge in [-0.1, -0.05) is 13.3 Å². The molecular formula is C11H11BrClFO4S. The fraction of sp³-hybridized carbons (Fsp3) is 0.364. The van der Waals surface area contributed by atoms with Gasteiger partial charge in [0, 0.05) is 15.2 Å². The van der Waals surface area contributed by atoms with Crippen LogP contribution in [0, 0.1) is 5.82 Å². The van der Waals surface area contributed by atoms with Crippen molar-refractivity contribution in [3.63, 3.8) is 0 Å². The van der Waals surface area contributed by atoms with E-state index in [4.69, 9.17) is 15.4 Å². The molecule has 0 aliphatic carbocycles. The normalized spacial score (nSPS) is 11.4. The zero-order valence-corrected chi connectivity index (χ0v) is 13.1. The van der Waals surface area contributed by atoms with Gasteiger partial charge in [-0.15, -0.1) is 0 Å². The lowest BCUT2D eigenvalue weighted by Crippen LogP contribution is -2.09. The van der Waals surface area contributed by atoms with E-state index in [1.165, 1.54) is 0 Å². The van der Waals surface area contributed by atoms with Crippen molar-refractivity contribution in [1.29, 1.82) is 0 Å². The SMILES string of the molecule is CCCCOC(=O)c1cc(S(=O)(=O)Cl)c(F)cc1Br. The first-order valence-corrected chi connectivity index (χ1v) is 8.48. The van der Waals surface area contributed by atoms with Crippen LogP contribution in [0.5, 0.6) is 0 Å². The average Bonchev–Trinajstić information content (AvgIpc) is 2.27. The molecule has 0 atom stereocenters. The minimum Gasteiger partial charge on any atom is -0.462 e. The number of carbonyl (C=O) groups excluding carboxylic acids is 1. The molecule has 8 heteroatoms. The maximum atomic E-state index is 13.5. The molecule has 0 aliphatic rings. The zero-order valence-electron chi connectivity index (χ0n) is 9.95. The van der Waals surface area contributed by atoms with Crippen LogP contribution in [-0.4, -0.2) is 21.0 Å². The number of carbonyl (C=O) groups is 1. The first kappa shape index (κ1) is 16.4. The van der Waals surface area contributed by atoms with Crippen LogP contribution in [0.2, 0.25) is 0 Å². The standard InChI is InChI=1S/C11H11BrClFO4S/c1-2-3-4-18-11(15)7-5-10(19(13,16)17)9(14)6-8(7)12/h5-6H,2-4H2,1H3. The number of ether oxygens (including phenoxy) is 1. The van der Waals surface area contributed by atoms with Crippen LogP contribution in [0.3, 0.4) is 0 Å². The summed E-state index contributed by atoms with van der Waals surface area (Å²) >= 11 is 2.98. The van der Waals surface area contributed by atoms with Gasteiger partial charge in [-0.05, 0) is 34.5 Å². The largest absolute Gasteiger partial charge is 0.462 e. The quantitative estimate of drug-likeness (QED) is 0.450. The van der Waals surface area contributed by atoms with Crippen molar-refractivity contribution in [2.24, 2.45) is 0 Å². The maximum Gasteiger partial charge on any atom is 0.339 e. The Morgan fingerprint density at radius 2 is 2.11 bits per heavy atom. The van der Waals surface area contributed by atoms with Crippen LogP contribution in [0.4, 0.5) is 4.39 Å². The van der Waals surface area contributed by atoms with Crippen molar-refractivity contribution >= 4 is 41.6 Å². The molecule has 106 valence electrons. The molecule has 0 aliphatic heterocycles. The predicted molar refractivity (Wildman–Crippen MR) is 72.3 cm³/mol. The van der Waals surface area contributed by atoms with Gasteiger partial charge < -0.3 is 4.74 Å². The van der Waals surface area contributed by atoms with Gasteiger partial charge in [-0.25, -0.2) is 17.6 Å². The van der Waals surface area contributed by atoms with Gasteiger partial charge in [0.15, 0.2) is 0 Å². The first-order chi connectivity index (χ1) is 8.77. The third-order valence-corrected chi connectivity index (χ3v) is 4.23. The highest BCUT2D eigenvalue weighted by molar-refractivity contribution is 9.10. The van der Waals surface area contributed by atoms with Crippen molar-refractivity contribution in [2.75, 3.05) is 6.61 Å². The average molecular weight is 374 g/mol. The van der Waals surface area contributed by atoms with E-state index in [9.17, 15) is 17.6 Å². The summed E-state index contributed by atoms with van der Waals surface area (Å²) in [5, 5.41) is 0. The van der Waals surface area contributed by atoms with Gasteiger partial charge in [0.25, 0.3) is 9.05 Å². The Morgan fingerprint density at radius 3 is 2.63 bits per heavy atom. The second-order valence-corrected chi connectivity index (χ2v) is 7.08. The lowest BCUT2D eigenvalue weighted by atomic mass is 10.2. The molecule has 0 spiro atoms. The van der Waals surface area contributed by atoms with E-state index < -0.39 is 25.7 Å². The van der Waals surface area contributed by atoms with Crippen LogP contribution in [-0.2, 0) is 13.8 Å². The molecule has 0 unspecified atom stereocenters. The fourth-order valence-corrected chi connectivity index (χ4v) is 2.64. The maximum absolute atomic E-state index is 13.5. The van der Waals surface area contributed by atoms with E-state index >= 15 is 0 Å². The topological polar surface area (TPSA) is 60.4 Å². The number of benzene rings is 1. The van der Waals surface area contributed by atoms with Gasteiger partial charge in [-0.3, -0.25) is 0 Å². The molecule has 0 fully saturated rings. The number of hydrogen-bond acceptors (Lipinski definition) is 4. The van der Waals surface area contributed by atoms with E-state index in [0.29, 0.717) is 6.42 Å². The third-order valence-electron chi connectivity index (χ3n) is 2.24. The Hall–Kier alpha value is -0.660. The predicted octanol–water partition coefficient (Wildman–Crippen LogP) is 3.47. The zero-order chi connectivity index (χ0) is 14.6. The Balaban J connectivity index is 3.11. The highest BCUT2D eigenvalue weighted by atomic mass is 79.9. The molecule has 0 saturated carbocycles. The van der Waals surface area contributed by atoms with Crippen molar-refractivity contribution in [2.45, 2.75) is 24.7 Å². The summed E-state index contributed by atoms with van der Waals surface area (Å²) in [5.41, 5.74) is -0.0864. The summed E-state index contributed by atoms with van der Waals surface area (Å²) in [4.78, 5) is 11.0. The summed E-state index contributed by atoms with van der Waals surface area (Å²) in [6.45, 7) is 2.14. The highest BCUT2D eigenvalue weighted by Crippen LogP contribution is 2.27. The van der Waals surface area contributed by atoms with E-state index in [1.54, 1.807) is 0 Å². The van der Waals surface area contributed by atoms with Crippen molar-refractivity contribution in [3.05, 3.63) is 28.0 Å². The molecule has 0 heterocycles. The summed E-state index contributed by atoms with van der Waals surface area (Å²) in [5.74, 6) is -1.77. The molecule has 0 aromatic heterocycles. The van der Waals surface area contributed by atoms with Crippen LogP contribution < -0.4 is 0 Å². The molecule has 1 aromatic carbocycles. The molecule has 0 saturated heterocycles. The monoisotopic (exact) mass is 372 g/mol. The summed E-state index contributed by atoms with van der Waals surface area (Å²) < 4.78 is 40.8. The molecule has 19 heavy (non-hydrogen) atoms. The molecular weight excluding hydrogens is 363 g/mol. The highest BCUT2D eigenvalue weighted by Gasteiger charge is 2.22. The van der Waals surface area contributed by atoms with E-state index in [2.05, 4.69) is 15.9 Å². The minimum absolute atomic E-state index is 0.0864. The molecule has 0 amide bonds. The van der Waals surface area contributed by atoms with Crippen molar-refractivity contribution < 1.29 is 22.3 Å². The number of esters is 1. The summed E-state index contributed by atoms with van der Waals surface area (Å²) in [6.07, 6.45) is 1.53. The number of rotatable bonds is 5. The van der Waals surface area contributed by atoms with Gasteiger partial charge in [0.2, 0.25) is 0 Å². The second kappa shape index (κ2) is 6.67. The van der Waals surface area contributed by atoms with Crippen molar-refractivity contribution in [3.8, 4) is 0 Å². The Kier molecular flexibility index (Phi) is 5.76. The lowest BCUT2D eigenvalue weighted by Gasteiger charge is -2.08. The Bertz CT molecular complexity index is 589. The van der Waals surface area contributed by atoms with Gasteiger partial charge in [0.05, 0.1) is 12.2 Å². The molecule has 0 bridgehead atoms. The Labute approximate surface area is 123 Å². The fourth-order valence-electron chi connectivity index (χ4n) is 1.26. The van der Waals surface area contributed by atoms with E-state index in [0.717, 1.165) is 18.6 Å². The Morgan fingerprint density at radius 1 is 1.47 bits per heavy atom. The molecule has 0 radical (unpaired) electrons. The molecule has 4 nitrogen and oxygen atoms in total. The number of hydrogen-bond donors (Lipinski definition) is 0. The summed E-state index contributed by atoms with van der Waals surface area (Å²) in [7, 11) is 0.822. The van der Waals surface area contributed by atoms with E-state index in [-0.39, 0.29) is 16.6 Å².